The zero-order valence-corrected chi connectivity index (χ0v) is 10.6. The van der Waals surface area contributed by atoms with Gasteiger partial charge in [0.25, 0.3) is 0 Å². The Hall–Kier alpha value is -0.890. The van der Waals surface area contributed by atoms with Crippen molar-refractivity contribution in [1.29, 1.82) is 0 Å². The van der Waals surface area contributed by atoms with Gasteiger partial charge in [-0.15, -0.1) is 0 Å². The highest BCUT2D eigenvalue weighted by Crippen LogP contribution is 2.25. The quantitative estimate of drug-likeness (QED) is 0.772. The van der Waals surface area contributed by atoms with E-state index in [-0.39, 0.29) is 0 Å². The summed E-state index contributed by atoms with van der Waals surface area (Å²) in [4.78, 5) is 6.96. The lowest BCUT2D eigenvalue weighted by Crippen LogP contribution is -2.50. The molecule has 2 nitrogen and oxygen atoms in total. The number of aromatic nitrogens is 1. The molecular weight excluding hydrogens is 196 g/mol. The van der Waals surface area contributed by atoms with Gasteiger partial charge >= 0.3 is 0 Å². The lowest BCUT2D eigenvalue weighted by molar-refractivity contribution is 0.0637. The van der Waals surface area contributed by atoms with Gasteiger partial charge in [0.1, 0.15) is 0 Å². The Morgan fingerprint density at radius 1 is 1.31 bits per heavy atom. The lowest BCUT2D eigenvalue weighted by Gasteiger charge is -2.42. The van der Waals surface area contributed by atoms with Crippen LogP contribution in [-0.4, -0.2) is 29.5 Å². The third-order valence-corrected chi connectivity index (χ3v) is 3.65. The van der Waals surface area contributed by atoms with E-state index in [4.69, 9.17) is 0 Å². The van der Waals surface area contributed by atoms with Crippen molar-refractivity contribution in [2.24, 2.45) is 11.8 Å². The molecule has 0 radical (unpaired) electrons. The molecule has 1 aliphatic rings. The minimum Gasteiger partial charge on any atom is -0.302 e. The minimum absolute atomic E-state index is 0.550. The summed E-state index contributed by atoms with van der Waals surface area (Å²) in [6, 6.07) is 6.19. The van der Waals surface area contributed by atoms with Crippen LogP contribution in [0.3, 0.4) is 0 Å². The van der Waals surface area contributed by atoms with Crippen molar-refractivity contribution in [2.45, 2.75) is 26.7 Å². The second kappa shape index (κ2) is 4.96. The van der Waals surface area contributed by atoms with E-state index < -0.39 is 0 Å². The van der Waals surface area contributed by atoms with Crippen LogP contribution in [0.2, 0.25) is 0 Å². The summed E-state index contributed by atoms with van der Waals surface area (Å²) in [5, 5.41) is 0. The van der Waals surface area contributed by atoms with E-state index in [1.54, 1.807) is 0 Å². The third-order valence-electron chi connectivity index (χ3n) is 3.65. The molecule has 0 unspecified atom stereocenters. The van der Waals surface area contributed by atoms with Crippen LogP contribution in [-0.2, 0) is 0 Å². The molecule has 0 saturated carbocycles. The molecule has 0 bridgehead atoms. The van der Waals surface area contributed by atoms with Crippen molar-refractivity contribution in [3.05, 3.63) is 30.1 Å². The first-order valence-corrected chi connectivity index (χ1v) is 6.30. The minimum atomic E-state index is 0.550. The van der Waals surface area contributed by atoms with Gasteiger partial charge in [-0.1, -0.05) is 26.8 Å². The van der Waals surface area contributed by atoms with Crippen LogP contribution < -0.4 is 0 Å². The molecular formula is C14H22N2. The smallest absolute Gasteiger partial charge is 0.0444 e. The molecule has 0 aromatic carbocycles. The van der Waals surface area contributed by atoms with E-state index >= 15 is 0 Å². The molecule has 0 N–H and O–H groups in total. The van der Waals surface area contributed by atoms with E-state index in [1.165, 1.54) is 18.8 Å². The Kier molecular flexibility index (Phi) is 3.59. The fourth-order valence-corrected chi connectivity index (χ4v) is 2.33. The van der Waals surface area contributed by atoms with Gasteiger partial charge in [0.05, 0.1) is 0 Å². The summed E-state index contributed by atoms with van der Waals surface area (Å²) >= 11 is 0. The molecule has 1 aromatic heterocycles. The maximum atomic E-state index is 4.42. The highest BCUT2D eigenvalue weighted by Gasteiger charge is 2.29. The summed E-state index contributed by atoms with van der Waals surface area (Å²) < 4.78 is 0. The van der Waals surface area contributed by atoms with Crippen LogP contribution in [0.4, 0.5) is 0 Å². The van der Waals surface area contributed by atoms with Crippen LogP contribution in [0.1, 0.15) is 32.4 Å². The van der Waals surface area contributed by atoms with Gasteiger partial charge < -0.3 is 4.90 Å². The predicted octanol–water partition coefficient (Wildman–Crippen LogP) is 2.77. The summed E-state index contributed by atoms with van der Waals surface area (Å²) in [6.07, 6.45) is 1.89. The normalized spacial score (nSPS) is 19.8. The second-order valence-corrected chi connectivity index (χ2v) is 5.38. The zero-order valence-electron chi connectivity index (χ0n) is 10.6. The summed E-state index contributed by atoms with van der Waals surface area (Å²) in [7, 11) is 0. The SMILES string of the molecule is CC(C)C1CN(C[C@@H](C)c2ccccn2)C1. The van der Waals surface area contributed by atoms with Crippen molar-refractivity contribution in [2.75, 3.05) is 19.6 Å². The van der Waals surface area contributed by atoms with E-state index in [0.29, 0.717) is 5.92 Å². The summed E-state index contributed by atoms with van der Waals surface area (Å²) in [6.45, 7) is 10.6. The monoisotopic (exact) mass is 218 g/mol. The van der Waals surface area contributed by atoms with Crippen molar-refractivity contribution >= 4 is 0 Å². The van der Waals surface area contributed by atoms with E-state index in [1.807, 2.05) is 12.3 Å². The molecule has 1 aliphatic heterocycles. The Labute approximate surface area is 98.7 Å². The van der Waals surface area contributed by atoms with E-state index in [9.17, 15) is 0 Å². The Balaban J connectivity index is 1.80. The van der Waals surface area contributed by atoms with Crippen LogP contribution in [0.25, 0.3) is 0 Å². The number of nitrogens with zero attached hydrogens (tertiary/aromatic N) is 2. The first-order chi connectivity index (χ1) is 7.66. The molecule has 2 rings (SSSR count). The average Bonchev–Trinajstić information content (AvgIpc) is 2.23. The van der Waals surface area contributed by atoms with Gasteiger partial charge in [0.2, 0.25) is 0 Å². The fraction of sp³-hybridized carbons (Fsp3) is 0.643. The van der Waals surface area contributed by atoms with Crippen LogP contribution in [0, 0.1) is 11.8 Å². The summed E-state index contributed by atoms with van der Waals surface area (Å²) in [5.41, 5.74) is 1.22. The van der Waals surface area contributed by atoms with Crippen LogP contribution >= 0.6 is 0 Å². The maximum Gasteiger partial charge on any atom is 0.0444 e. The van der Waals surface area contributed by atoms with Crippen molar-refractivity contribution in [3.8, 4) is 0 Å². The summed E-state index contributed by atoms with van der Waals surface area (Å²) in [5.74, 6) is 2.30. The highest BCUT2D eigenvalue weighted by atomic mass is 15.2. The number of hydrogen-bond acceptors (Lipinski definition) is 2. The van der Waals surface area contributed by atoms with Crippen molar-refractivity contribution in [3.63, 3.8) is 0 Å². The largest absolute Gasteiger partial charge is 0.302 e. The third kappa shape index (κ3) is 2.62. The molecule has 0 aliphatic carbocycles. The molecule has 1 atom stereocenters. The lowest BCUT2D eigenvalue weighted by atomic mass is 9.87. The second-order valence-electron chi connectivity index (χ2n) is 5.38. The number of rotatable bonds is 4. The predicted molar refractivity (Wildman–Crippen MR) is 67.4 cm³/mol. The van der Waals surface area contributed by atoms with Gasteiger partial charge in [-0.25, -0.2) is 0 Å². The molecule has 16 heavy (non-hydrogen) atoms. The van der Waals surface area contributed by atoms with Gasteiger partial charge in [-0.2, -0.15) is 0 Å². The Bertz CT molecular complexity index is 315. The van der Waals surface area contributed by atoms with Crippen LogP contribution in [0.5, 0.6) is 0 Å². The molecule has 1 saturated heterocycles. The number of pyridine rings is 1. The fourth-order valence-electron chi connectivity index (χ4n) is 2.33. The van der Waals surface area contributed by atoms with Gasteiger partial charge in [-0.05, 0) is 24.0 Å². The standard InChI is InChI=1S/C14H22N2/c1-11(2)13-9-16(10-13)8-12(3)14-6-4-5-7-15-14/h4-7,11-13H,8-10H2,1-3H3/t12-/m1/s1. The molecule has 88 valence electrons. The first-order valence-electron chi connectivity index (χ1n) is 6.30. The van der Waals surface area contributed by atoms with Crippen LogP contribution in [0.15, 0.2) is 24.4 Å². The van der Waals surface area contributed by atoms with Gasteiger partial charge in [-0.3, -0.25) is 4.98 Å². The number of likely N-dealkylation sites (tertiary alicyclic amines) is 1. The first kappa shape index (κ1) is 11.6. The van der Waals surface area contributed by atoms with E-state index in [2.05, 4.69) is 42.8 Å². The molecule has 1 fully saturated rings. The molecule has 1 aromatic rings. The van der Waals surface area contributed by atoms with Gasteiger partial charge in [0, 0.05) is 37.4 Å². The molecule has 2 heterocycles. The molecule has 2 heteroatoms. The van der Waals surface area contributed by atoms with Gasteiger partial charge in [0.15, 0.2) is 0 Å². The average molecular weight is 218 g/mol. The molecule has 0 amide bonds. The van der Waals surface area contributed by atoms with Crippen molar-refractivity contribution < 1.29 is 0 Å². The topological polar surface area (TPSA) is 16.1 Å². The molecule has 0 spiro atoms. The number of hydrogen-bond donors (Lipinski definition) is 0. The Morgan fingerprint density at radius 2 is 2.06 bits per heavy atom. The highest BCUT2D eigenvalue weighted by molar-refractivity contribution is 5.09. The van der Waals surface area contributed by atoms with E-state index in [0.717, 1.165) is 18.4 Å². The van der Waals surface area contributed by atoms with Crippen molar-refractivity contribution in [1.82, 2.24) is 9.88 Å². The Morgan fingerprint density at radius 3 is 2.62 bits per heavy atom. The maximum absolute atomic E-state index is 4.42. The zero-order chi connectivity index (χ0) is 11.5.